The van der Waals surface area contributed by atoms with Crippen molar-refractivity contribution in [2.75, 3.05) is 19.7 Å². The number of hydrogen-bond acceptors (Lipinski definition) is 8. The number of rotatable bonds is 11. The van der Waals surface area contributed by atoms with E-state index in [1.54, 1.807) is 4.57 Å². The number of aryl methyl sites for hydroxylation is 1. The molecule has 0 N–H and O–H groups in total. The first-order valence-electron chi connectivity index (χ1n) is 15.1. The number of halogens is 3. The summed E-state index contributed by atoms with van der Waals surface area (Å²) < 4.78 is 60.1. The van der Waals surface area contributed by atoms with Crippen molar-refractivity contribution < 1.29 is 37.0 Å². The molecule has 0 bridgehead atoms. The fourth-order valence-corrected chi connectivity index (χ4v) is 5.70. The van der Waals surface area contributed by atoms with E-state index in [-0.39, 0.29) is 23.7 Å². The van der Waals surface area contributed by atoms with Crippen LogP contribution in [0.5, 0.6) is 29.0 Å². The molecule has 1 fully saturated rings. The lowest BCUT2D eigenvalue weighted by Crippen LogP contribution is -2.33. The summed E-state index contributed by atoms with van der Waals surface area (Å²) in [6.07, 6.45) is 0.360. The Balaban J connectivity index is 0.899. The van der Waals surface area contributed by atoms with Crippen LogP contribution in [0.4, 0.5) is 19.0 Å². The van der Waals surface area contributed by atoms with Gasteiger partial charge in [0.25, 0.3) is 0 Å². The van der Waals surface area contributed by atoms with Crippen molar-refractivity contribution in [3.05, 3.63) is 100 Å². The number of aromatic nitrogens is 2. The molecular weight excluding hydrogens is 605 g/mol. The Hall–Kier alpha value is -4.78. The third-order valence-corrected chi connectivity index (χ3v) is 8.09. The normalized spacial score (nSPS) is 17.2. The Kier molecular flexibility index (Phi) is 9.29. The van der Waals surface area contributed by atoms with Gasteiger partial charge in [0.05, 0.1) is 0 Å². The second-order valence-corrected chi connectivity index (χ2v) is 11.5. The number of likely N-dealkylation sites (tertiary alicyclic amines) is 1. The first-order chi connectivity index (χ1) is 22.1. The number of fused-ring (bicyclic) bond motifs is 1. The number of benzene rings is 3. The van der Waals surface area contributed by atoms with Crippen LogP contribution in [-0.2, 0) is 19.5 Å². The number of hydrogen-bond donors (Lipinski definition) is 0. The fourth-order valence-electron chi connectivity index (χ4n) is 5.70. The van der Waals surface area contributed by atoms with Crippen LogP contribution in [0.15, 0.2) is 79.0 Å². The van der Waals surface area contributed by atoms with E-state index in [0.29, 0.717) is 37.0 Å². The molecule has 0 spiro atoms. The van der Waals surface area contributed by atoms with Crippen molar-refractivity contribution in [2.45, 2.75) is 51.2 Å². The van der Waals surface area contributed by atoms with Crippen LogP contribution in [-0.4, -0.2) is 51.5 Å². The first kappa shape index (κ1) is 31.2. The minimum Gasteiger partial charge on any atom is -0.490 e. The number of ether oxygens (including phenoxy) is 4. The van der Waals surface area contributed by atoms with Gasteiger partial charge in [0.1, 0.15) is 41.9 Å². The zero-order valence-electron chi connectivity index (χ0n) is 24.9. The molecule has 0 saturated carbocycles. The van der Waals surface area contributed by atoms with Gasteiger partial charge in [-0.25, -0.2) is 0 Å². The van der Waals surface area contributed by atoms with Gasteiger partial charge in [0, 0.05) is 24.5 Å². The molecule has 10 nitrogen and oxygen atoms in total. The molecule has 0 radical (unpaired) electrons. The van der Waals surface area contributed by atoms with Gasteiger partial charge < -0.3 is 29.1 Å². The lowest BCUT2D eigenvalue weighted by Gasteiger charge is -2.32. The average Bonchev–Trinajstić information content (AvgIpc) is 3.47. The van der Waals surface area contributed by atoms with E-state index in [9.17, 15) is 23.3 Å². The molecule has 0 amide bonds. The summed E-state index contributed by atoms with van der Waals surface area (Å²) in [4.78, 5) is 16.8. The summed E-state index contributed by atoms with van der Waals surface area (Å²) >= 11 is 0. The second-order valence-electron chi connectivity index (χ2n) is 11.5. The van der Waals surface area contributed by atoms with E-state index in [1.807, 2.05) is 36.4 Å². The van der Waals surface area contributed by atoms with Crippen molar-refractivity contribution in [2.24, 2.45) is 5.92 Å². The molecule has 242 valence electrons. The van der Waals surface area contributed by atoms with Crippen molar-refractivity contribution in [3.63, 3.8) is 0 Å². The van der Waals surface area contributed by atoms with Gasteiger partial charge >= 0.3 is 18.2 Å². The zero-order chi connectivity index (χ0) is 32.1. The van der Waals surface area contributed by atoms with Crippen LogP contribution in [0, 0.1) is 16.0 Å². The molecule has 2 aliphatic heterocycles. The molecule has 1 atom stereocenters. The topological polar surface area (TPSA) is 101 Å². The summed E-state index contributed by atoms with van der Waals surface area (Å²) in [7, 11) is 0. The summed E-state index contributed by atoms with van der Waals surface area (Å²) in [5, 5.41) is 11.0. The van der Waals surface area contributed by atoms with Crippen LogP contribution in [0.3, 0.4) is 0 Å². The van der Waals surface area contributed by atoms with Crippen LogP contribution < -0.4 is 18.9 Å². The van der Waals surface area contributed by atoms with Gasteiger partial charge in [-0.05, 0) is 103 Å². The molecule has 1 saturated heterocycles. The standard InChI is InChI=1S/C33H33F3N4O6/c34-33(35,36)46-29-11-9-28(10-12-29)44-27-7-3-25(4-8-27)20-38-16-13-24(14-17-38)19-23-1-5-26(6-2-23)43-22-30-15-18-39-21-31(40(41)42)37-32(39)45-30/h1-12,21,24,30H,13-20,22H2. The largest absolute Gasteiger partial charge is 0.573 e. The molecule has 0 aliphatic carbocycles. The first-order valence-corrected chi connectivity index (χ1v) is 15.1. The summed E-state index contributed by atoms with van der Waals surface area (Å²) in [5.41, 5.74) is 2.44. The lowest BCUT2D eigenvalue weighted by atomic mass is 9.90. The molecule has 3 heterocycles. The average molecular weight is 639 g/mol. The monoisotopic (exact) mass is 638 g/mol. The third-order valence-electron chi connectivity index (χ3n) is 8.09. The lowest BCUT2D eigenvalue weighted by molar-refractivity contribution is -0.389. The third kappa shape index (κ3) is 8.47. The molecular formula is C33H33F3N4O6. The Morgan fingerprint density at radius 3 is 2.11 bits per heavy atom. The highest BCUT2D eigenvalue weighted by atomic mass is 19.4. The Morgan fingerprint density at radius 2 is 1.46 bits per heavy atom. The summed E-state index contributed by atoms with van der Waals surface area (Å²) in [5.74, 6) is 1.88. The Bertz CT molecular complexity index is 1600. The highest BCUT2D eigenvalue weighted by Gasteiger charge is 2.31. The minimum absolute atomic E-state index is 0.216. The number of imidazole rings is 1. The molecule has 46 heavy (non-hydrogen) atoms. The van der Waals surface area contributed by atoms with Gasteiger partial charge in [-0.1, -0.05) is 24.3 Å². The van der Waals surface area contributed by atoms with E-state index < -0.39 is 11.3 Å². The predicted molar refractivity (Wildman–Crippen MR) is 161 cm³/mol. The van der Waals surface area contributed by atoms with Crippen molar-refractivity contribution in [1.29, 1.82) is 0 Å². The van der Waals surface area contributed by atoms with Crippen LogP contribution >= 0.6 is 0 Å². The number of piperidine rings is 1. The minimum atomic E-state index is -4.73. The fraction of sp³-hybridized carbons (Fsp3) is 0.364. The quantitative estimate of drug-likeness (QED) is 0.126. The second kappa shape index (κ2) is 13.7. The van der Waals surface area contributed by atoms with Crippen molar-refractivity contribution in [3.8, 4) is 29.0 Å². The number of nitrogens with zero attached hydrogens (tertiary/aromatic N) is 4. The maximum atomic E-state index is 12.3. The smallest absolute Gasteiger partial charge is 0.490 e. The SMILES string of the molecule is O=[N+]([O-])c1cn2c(n1)OC(COc1ccc(CC3CCN(Cc4ccc(Oc5ccc(OC(F)(F)F)cc5)cc4)CC3)cc1)CC2. The van der Waals surface area contributed by atoms with Crippen molar-refractivity contribution >= 4 is 5.82 Å². The number of alkyl halides is 3. The Morgan fingerprint density at radius 1 is 0.848 bits per heavy atom. The van der Waals surface area contributed by atoms with E-state index in [0.717, 1.165) is 44.6 Å². The van der Waals surface area contributed by atoms with Gasteiger partial charge in [-0.2, -0.15) is 0 Å². The predicted octanol–water partition coefficient (Wildman–Crippen LogP) is 7.17. The zero-order valence-corrected chi connectivity index (χ0v) is 24.9. The maximum absolute atomic E-state index is 12.3. The van der Waals surface area contributed by atoms with E-state index in [2.05, 4.69) is 26.8 Å². The van der Waals surface area contributed by atoms with Gasteiger partial charge in [0.15, 0.2) is 0 Å². The highest BCUT2D eigenvalue weighted by molar-refractivity contribution is 5.36. The van der Waals surface area contributed by atoms with Gasteiger partial charge in [0.2, 0.25) is 0 Å². The van der Waals surface area contributed by atoms with E-state index in [1.165, 1.54) is 41.6 Å². The highest BCUT2D eigenvalue weighted by Crippen LogP contribution is 2.29. The molecule has 1 aromatic heterocycles. The molecule has 4 aromatic rings. The summed E-state index contributed by atoms with van der Waals surface area (Å²) in [6, 6.07) is 21.5. The number of nitro groups is 1. The molecule has 1 unspecified atom stereocenters. The molecule has 6 rings (SSSR count). The molecule has 2 aliphatic rings. The van der Waals surface area contributed by atoms with Gasteiger partial charge in [-0.15, -0.1) is 13.2 Å². The van der Waals surface area contributed by atoms with Crippen molar-refractivity contribution in [1.82, 2.24) is 14.5 Å². The summed E-state index contributed by atoms with van der Waals surface area (Å²) in [6.45, 7) is 3.80. The van der Waals surface area contributed by atoms with Gasteiger partial charge in [-0.3, -0.25) is 9.47 Å². The van der Waals surface area contributed by atoms with E-state index in [4.69, 9.17) is 14.2 Å². The van der Waals surface area contributed by atoms with Crippen LogP contribution in [0.1, 0.15) is 30.4 Å². The van der Waals surface area contributed by atoms with E-state index >= 15 is 0 Å². The molecule has 13 heteroatoms. The van der Waals surface area contributed by atoms with Crippen LogP contribution in [0.2, 0.25) is 0 Å². The maximum Gasteiger partial charge on any atom is 0.573 e. The van der Waals surface area contributed by atoms with Crippen LogP contribution in [0.25, 0.3) is 0 Å². The molecule has 3 aromatic carbocycles. The Labute approximate surface area is 263 Å².